The van der Waals surface area contributed by atoms with Gasteiger partial charge in [0.1, 0.15) is 11.3 Å². The Morgan fingerprint density at radius 2 is 1.87 bits per heavy atom. The highest BCUT2D eigenvalue weighted by Gasteiger charge is 2.14. The lowest BCUT2D eigenvalue weighted by atomic mass is 10.1. The first-order chi connectivity index (χ1) is 14.6. The van der Waals surface area contributed by atoms with E-state index in [4.69, 9.17) is 18.9 Å². The molecule has 0 amide bonds. The van der Waals surface area contributed by atoms with Crippen molar-refractivity contribution < 1.29 is 23.7 Å². The maximum absolute atomic E-state index is 12.0. The van der Waals surface area contributed by atoms with Crippen molar-refractivity contribution in [2.24, 2.45) is 4.99 Å². The van der Waals surface area contributed by atoms with Gasteiger partial charge in [0.2, 0.25) is 6.79 Å². The molecule has 0 fully saturated rings. The third kappa shape index (κ3) is 5.34. The lowest BCUT2D eigenvalue weighted by Gasteiger charge is -2.12. The van der Waals surface area contributed by atoms with Gasteiger partial charge in [-0.1, -0.05) is 12.1 Å². The van der Waals surface area contributed by atoms with Gasteiger partial charge in [-0.15, -0.1) is 0 Å². The Labute approximate surface area is 176 Å². The van der Waals surface area contributed by atoms with Crippen LogP contribution in [-0.4, -0.2) is 46.0 Å². The van der Waals surface area contributed by atoms with Gasteiger partial charge in [0.05, 0.1) is 20.8 Å². The predicted octanol–water partition coefficient (Wildman–Crippen LogP) is 2.51. The Hall–Kier alpha value is -3.42. The van der Waals surface area contributed by atoms with Crippen molar-refractivity contribution in [1.29, 1.82) is 0 Å². The molecule has 1 heterocycles. The lowest BCUT2D eigenvalue weighted by Crippen LogP contribution is -2.38. The summed E-state index contributed by atoms with van der Waals surface area (Å²) in [5.74, 6) is 2.31. The number of aliphatic imine (C=N–C) groups is 1. The first-order valence-electron chi connectivity index (χ1n) is 9.80. The number of carbonyl (C=O) groups excluding carboxylic acids is 1. The highest BCUT2D eigenvalue weighted by Crippen LogP contribution is 2.32. The molecule has 0 unspecified atom stereocenters. The van der Waals surface area contributed by atoms with Crippen LogP contribution in [0.4, 0.5) is 0 Å². The Morgan fingerprint density at radius 3 is 2.63 bits per heavy atom. The largest absolute Gasteiger partial charge is 0.496 e. The van der Waals surface area contributed by atoms with Crippen LogP contribution >= 0.6 is 0 Å². The molecule has 30 heavy (non-hydrogen) atoms. The minimum atomic E-state index is -0.438. The summed E-state index contributed by atoms with van der Waals surface area (Å²) in [5, 5.41) is 6.56. The molecule has 0 bridgehead atoms. The standard InChI is InChI=1S/C22H27N3O5/c1-4-23-22(24-10-9-15-5-8-19-20(12-15)30-14-29-19)25-13-16-6-7-18(27-2)17(11-16)21(26)28-3/h5-8,11-12H,4,9-10,13-14H2,1-3H3,(H2,23,24,25). The molecule has 0 radical (unpaired) electrons. The van der Waals surface area contributed by atoms with Crippen molar-refractivity contribution >= 4 is 11.9 Å². The molecule has 1 aliphatic heterocycles. The number of rotatable bonds is 8. The van der Waals surface area contributed by atoms with E-state index in [1.54, 1.807) is 12.1 Å². The summed E-state index contributed by atoms with van der Waals surface area (Å²) in [7, 11) is 2.87. The van der Waals surface area contributed by atoms with Crippen LogP contribution in [0.25, 0.3) is 0 Å². The average molecular weight is 413 g/mol. The van der Waals surface area contributed by atoms with Crippen LogP contribution in [0, 0.1) is 0 Å². The number of hydrogen-bond acceptors (Lipinski definition) is 6. The van der Waals surface area contributed by atoms with Crippen LogP contribution in [0.3, 0.4) is 0 Å². The van der Waals surface area contributed by atoms with E-state index in [1.807, 2.05) is 31.2 Å². The van der Waals surface area contributed by atoms with Gasteiger partial charge in [0.15, 0.2) is 17.5 Å². The second-order valence-electron chi connectivity index (χ2n) is 6.59. The fraction of sp³-hybridized carbons (Fsp3) is 0.364. The number of nitrogens with one attached hydrogen (secondary N) is 2. The highest BCUT2D eigenvalue weighted by atomic mass is 16.7. The van der Waals surface area contributed by atoms with Gasteiger partial charge in [-0.3, -0.25) is 0 Å². The molecule has 1 aliphatic rings. The normalized spacial score (nSPS) is 12.4. The van der Waals surface area contributed by atoms with Crippen molar-refractivity contribution in [3.8, 4) is 17.2 Å². The van der Waals surface area contributed by atoms with Crippen LogP contribution in [-0.2, 0) is 17.7 Å². The first-order valence-corrected chi connectivity index (χ1v) is 9.80. The molecule has 160 valence electrons. The summed E-state index contributed by atoms with van der Waals surface area (Å²) < 4.78 is 20.8. The van der Waals surface area contributed by atoms with E-state index in [2.05, 4.69) is 15.6 Å². The zero-order valence-corrected chi connectivity index (χ0v) is 17.5. The topological polar surface area (TPSA) is 90.4 Å². The molecule has 2 aromatic carbocycles. The molecular weight excluding hydrogens is 386 g/mol. The Morgan fingerprint density at radius 1 is 1.07 bits per heavy atom. The number of fused-ring (bicyclic) bond motifs is 1. The predicted molar refractivity (Wildman–Crippen MR) is 113 cm³/mol. The smallest absolute Gasteiger partial charge is 0.341 e. The molecule has 0 saturated carbocycles. The van der Waals surface area contributed by atoms with Gasteiger partial charge < -0.3 is 29.6 Å². The summed E-state index contributed by atoms with van der Waals surface area (Å²) in [4.78, 5) is 16.6. The maximum Gasteiger partial charge on any atom is 0.341 e. The molecule has 8 nitrogen and oxygen atoms in total. The number of benzene rings is 2. The van der Waals surface area contributed by atoms with Crippen molar-refractivity contribution in [1.82, 2.24) is 10.6 Å². The highest BCUT2D eigenvalue weighted by molar-refractivity contribution is 5.92. The molecule has 2 N–H and O–H groups in total. The van der Waals surface area contributed by atoms with E-state index in [9.17, 15) is 4.79 Å². The van der Waals surface area contributed by atoms with Crippen LogP contribution < -0.4 is 24.8 Å². The molecular formula is C22H27N3O5. The van der Waals surface area contributed by atoms with E-state index >= 15 is 0 Å². The fourth-order valence-electron chi connectivity index (χ4n) is 3.06. The van der Waals surface area contributed by atoms with Crippen molar-refractivity contribution in [2.45, 2.75) is 19.9 Å². The second kappa shape index (κ2) is 10.4. The third-order valence-electron chi connectivity index (χ3n) is 4.58. The first kappa shape index (κ1) is 21.3. The van der Waals surface area contributed by atoms with Crippen molar-refractivity contribution in [2.75, 3.05) is 34.1 Å². The Kier molecular flexibility index (Phi) is 7.37. The van der Waals surface area contributed by atoms with Gasteiger partial charge in [0, 0.05) is 13.1 Å². The van der Waals surface area contributed by atoms with E-state index in [0.717, 1.165) is 35.6 Å². The average Bonchev–Trinajstić information content (AvgIpc) is 3.24. The van der Waals surface area contributed by atoms with Crippen LogP contribution in [0.5, 0.6) is 17.2 Å². The molecule has 8 heteroatoms. The zero-order valence-electron chi connectivity index (χ0n) is 17.5. The number of nitrogens with zero attached hydrogens (tertiary/aromatic N) is 1. The van der Waals surface area contributed by atoms with Gasteiger partial charge in [-0.25, -0.2) is 9.79 Å². The zero-order chi connectivity index (χ0) is 21.3. The Balaban J connectivity index is 1.61. The molecule has 0 atom stereocenters. The summed E-state index contributed by atoms with van der Waals surface area (Å²) >= 11 is 0. The van der Waals surface area contributed by atoms with Crippen LogP contribution in [0.15, 0.2) is 41.4 Å². The summed E-state index contributed by atoms with van der Waals surface area (Å²) in [5.41, 5.74) is 2.41. The lowest BCUT2D eigenvalue weighted by molar-refractivity contribution is 0.0597. The van der Waals surface area contributed by atoms with Gasteiger partial charge in [0.25, 0.3) is 0 Å². The minimum Gasteiger partial charge on any atom is -0.496 e. The number of ether oxygens (including phenoxy) is 4. The quantitative estimate of drug-likeness (QED) is 0.390. The van der Waals surface area contributed by atoms with Gasteiger partial charge >= 0.3 is 5.97 Å². The molecule has 3 rings (SSSR count). The van der Waals surface area contributed by atoms with E-state index in [-0.39, 0.29) is 6.79 Å². The molecule has 2 aromatic rings. The number of carbonyl (C=O) groups is 1. The molecule has 0 aliphatic carbocycles. The summed E-state index contributed by atoms with van der Waals surface area (Å²) in [6.07, 6.45) is 0.816. The van der Waals surface area contributed by atoms with Gasteiger partial charge in [-0.05, 0) is 48.7 Å². The molecule has 0 aromatic heterocycles. The SMILES string of the molecule is CCNC(=NCc1ccc(OC)c(C(=O)OC)c1)NCCc1ccc2c(c1)OCO2. The van der Waals surface area contributed by atoms with Crippen LogP contribution in [0.1, 0.15) is 28.4 Å². The minimum absolute atomic E-state index is 0.275. The third-order valence-corrected chi connectivity index (χ3v) is 4.58. The molecule has 0 saturated heterocycles. The fourth-order valence-corrected chi connectivity index (χ4v) is 3.06. The number of guanidine groups is 1. The summed E-state index contributed by atoms with van der Waals surface area (Å²) in [6.45, 7) is 4.15. The number of esters is 1. The monoisotopic (exact) mass is 413 g/mol. The number of methoxy groups -OCH3 is 2. The van der Waals surface area contributed by atoms with Crippen LogP contribution in [0.2, 0.25) is 0 Å². The number of hydrogen-bond donors (Lipinski definition) is 2. The van der Waals surface area contributed by atoms with E-state index in [0.29, 0.717) is 30.4 Å². The Bertz CT molecular complexity index is 914. The van der Waals surface area contributed by atoms with E-state index in [1.165, 1.54) is 14.2 Å². The van der Waals surface area contributed by atoms with E-state index < -0.39 is 5.97 Å². The van der Waals surface area contributed by atoms with Gasteiger partial charge in [-0.2, -0.15) is 0 Å². The maximum atomic E-state index is 12.0. The molecule has 0 spiro atoms. The second-order valence-corrected chi connectivity index (χ2v) is 6.59. The van der Waals surface area contributed by atoms with Crippen molar-refractivity contribution in [3.05, 3.63) is 53.1 Å². The summed E-state index contributed by atoms with van der Waals surface area (Å²) in [6, 6.07) is 11.3. The van der Waals surface area contributed by atoms with Crippen molar-refractivity contribution in [3.63, 3.8) is 0 Å².